The summed E-state index contributed by atoms with van der Waals surface area (Å²) in [7, 11) is 1.35. The van der Waals surface area contributed by atoms with Gasteiger partial charge in [-0.05, 0) is 13.0 Å². The summed E-state index contributed by atoms with van der Waals surface area (Å²) in [5, 5.41) is 0.476. The Labute approximate surface area is 103 Å². The minimum absolute atomic E-state index is 0.0482. The number of aromatic nitrogens is 1. The Morgan fingerprint density at radius 2 is 2.22 bits per heavy atom. The van der Waals surface area contributed by atoms with E-state index in [0.717, 1.165) is 0 Å². The van der Waals surface area contributed by atoms with Gasteiger partial charge in [-0.25, -0.2) is 9.18 Å². The van der Waals surface area contributed by atoms with Crippen molar-refractivity contribution in [3.05, 3.63) is 23.5 Å². The lowest BCUT2D eigenvalue weighted by Crippen LogP contribution is -2.06. The summed E-state index contributed by atoms with van der Waals surface area (Å²) in [6.45, 7) is 1.94. The van der Waals surface area contributed by atoms with Crippen molar-refractivity contribution in [3.8, 4) is 5.75 Å². The first-order valence-corrected chi connectivity index (χ1v) is 5.40. The van der Waals surface area contributed by atoms with Gasteiger partial charge in [0, 0.05) is 11.5 Å². The number of aromatic amines is 1. The number of hydrogen-bond donors (Lipinski definition) is 2. The van der Waals surface area contributed by atoms with Crippen molar-refractivity contribution >= 4 is 22.7 Å². The highest BCUT2D eigenvalue weighted by Crippen LogP contribution is 2.30. The molecule has 0 aliphatic heterocycles. The topological polar surface area (TPSA) is 77.3 Å². The van der Waals surface area contributed by atoms with Crippen LogP contribution < -0.4 is 10.5 Å². The van der Waals surface area contributed by atoms with Crippen LogP contribution in [0.5, 0.6) is 5.75 Å². The highest BCUT2D eigenvalue weighted by molar-refractivity contribution is 6.09. The zero-order valence-corrected chi connectivity index (χ0v) is 10.0. The van der Waals surface area contributed by atoms with Crippen molar-refractivity contribution < 1.29 is 18.7 Å². The van der Waals surface area contributed by atoms with Crippen molar-refractivity contribution in [2.45, 2.75) is 6.92 Å². The number of carbonyl (C=O) groups is 1. The lowest BCUT2D eigenvalue weighted by Gasteiger charge is -2.03. The van der Waals surface area contributed by atoms with Gasteiger partial charge in [-0.1, -0.05) is 0 Å². The largest absolute Gasteiger partial charge is 0.494 e. The summed E-state index contributed by atoms with van der Waals surface area (Å²) in [4.78, 5) is 14.5. The molecule has 18 heavy (non-hydrogen) atoms. The zero-order valence-electron chi connectivity index (χ0n) is 10.0. The number of esters is 1. The van der Waals surface area contributed by atoms with Crippen LogP contribution in [0.4, 0.5) is 10.2 Å². The van der Waals surface area contributed by atoms with Crippen LogP contribution in [0.25, 0.3) is 10.9 Å². The Morgan fingerprint density at radius 3 is 2.83 bits per heavy atom. The summed E-state index contributed by atoms with van der Waals surface area (Å²) in [5.41, 5.74) is 6.33. The molecule has 2 rings (SSSR count). The van der Waals surface area contributed by atoms with Crippen LogP contribution in [0, 0.1) is 5.82 Å². The van der Waals surface area contributed by atoms with Gasteiger partial charge in [0.05, 0.1) is 19.2 Å². The number of nitrogens with two attached hydrogens (primary N) is 1. The highest BCUT2D eigenvalue weighted by atomic mass is 19.1. The molecule has 0 spiro atoms. The number of anilines is 1. The van der Waals surface area contributed by atoms with E-state index >= 15 is 0 Å². The molecule has 0 amide bonds. The fraction of sp³-hybridized carbons (Fsp3) is 0.250. The third-order valence-electron chi connectivity index (χ3n) is 2.58. The molecule has 6 heteroatoms. The predicted molar refractivity (Wildman–Crippen MR) is 65.2 cm³/mol. The molecular weight excluding hydrogens is 239 g/mol. The van der Waals surface area contributed by atoms with Gasteiger partial charge in [-0.2, -0.15) is 0 Å². The molecule has 0 atom stereocenters. The number of halogens is 1. The van der Waals surface area contributed by atoms with Gasteiger partial charge in [-0.15, -0.1) is 0 Å². The molecule has 2 aromatic rings. The fourth-order valence-electron chi connectivity index (χ4n) is 1.80. The molecule has 0 saturated heterocycles. The Balaban J connectivity index is 2.65. The molecule has 0 saturated carbocycles. The third kappa shape index (κ3) is 1.85. The van der Waals surface area contributed by atoms with Crippen molar-refractivity contribution in [2.24, 2.45) is 0 Å². The zero-order chi connectivity index (χ0) is 13.3. The number of benzene rings is 1. The van der Waals surface area contributed by atoms with Gasteiger partial charge in [-0.3, -0.25) is 0 Å². The Kier molecular flexibility index (Phi) is 3.10. The van der Waals surface area contributed by atoms with Gasteiger partial charge in [0.15, 0.2) is 11.6 Å². The van der Waals surface area contributed by atoms with E-state index in [-0.39, 0.29) is 23.7 Å². The van der Waals surface area contributed by atoms with Crippen molar-refractivity contribution in [2.75, 3.05) is 19.5 Å². The van der Waals surface area contributed by atoms with Crippen molar-refractivity contribution in [1.29, 1.82) is 0 Å². The van der Waals surface area contributed by atoms with E-state index in [1.165, 1.54) is 19.2 Å². The quantitative estimate of drug-likeness (QED) is 0.820. The van der Waals surface area contributed by atoms with Crippen LogP contribution in [-0.2, 0) is 4.74 Å². The first-order chi connectivity index (χ1) is 8.58. The number of nitrogens with one attached hydrogen (secondary N) is 1. The van der Waals surface area contributed by atoms with Crippen LogP contribution in [0.1, 0.15) is 17.3 Å². The summed E-state index contributed by atoms with van der Waals surface area (Å²) in [6, 6.07) is 2.65. The Hall–Kier alpha value is -2.24. The average molecular weight is 252 g/mol. The molecule has 0 aliphatic carbocycles. The van der Waals surface area contributed by atoms with Gasteiger partial charge < -0.3 is 20.2 Å². The average Bonchev–Trinajstić information content (AvgIpc) is 2.63. The van der Waals surface area contributed by atoms with E-state index in [0.29, 0.717) is 10.9 Å². The molecule has 0 unspecified atom stereocenters. The van der Waals surface area contributed by atoms with E-state index < -0.39 is 11.8 Å². The smallest absolute Gasteiger partial charge is 0.342 e. The number of methoxy groups -OCH3 is 1. The van der Waals surface area contributed by atoms with Crippen LogP contribution in [0.2, 0.25) is 0 Å². The molecule has 0 radical (unpaired) electrons. The minimum atomic E-state index is -0.546. The molecule has 1 heterocycles. The SMILES string of the molecule is CCOC(=O)c1c(N)[nH]c2cc(F)c(OC)cc12. The van der Waals surface area contributed by atoms with Gasteiger partial charge in [0.1, 0.15) is 11.4 Å². The van der Waals surface area contributed by atoms with Crippen LogP contribution in [-0.4, -0.2) is 24.7 Å². The number of rotatable bonds is 3. The molecule has 1 aromatic carbocycles. The minimum Gasteiger partial charge on any atom is -0.494 e. The van der Waals surface area contributed by atoms with Crippen molar-refractivity contribution in [1.82, 2.24) is 4.98 Å². The third-order valence-corrected chi connectivity index (χ3v) is 2.58. The van der Waals surface area contributed by atoms with Crippen molar-refractivity contribution in [3.63, 3.8) is 0 Å². The van der Waals surface area contributed by atoms with E-state index in [9.17, 15) is 9.18 Å². The van der Waals surface area contributed by atoms with E-state index in [1.807, 2.05) is 0 Å². The number of H-pyrrole nitrogens is 1. The molecule has 0 bridgehead atoms. The molecule has 5 nitrogen and oxygen atoms in total. The number of nitrogen functional groups attached to an aromatic ring is 1. The lowest BCUT2D eigenvalue weighted by atomic mass is 10.1. The maximum atomic E-state index is 13.5. The number of hydrogen-bond acceptors (Lipinski definition) is 4. The molecule has 3 N–H and O–H groups in total. The van der Waals surface area contributed by atoms with Gasteiger partial charge in [0.2, 0.25) is 0 Å². The molecular formula is C12H13FN2O3. The second kappa shape index (κ2) is 4.56. The first-order valence-electron chi connectivity index (χ1n) is 5.40. The molecule has 0 aliphatic rings. The summed E-state index contributed by atoms with van der Waals surface area (Å²) >= 11 is 0. The van der Waals surface area contributed by atoms with Crippen LogP contribution in [0.3, 0.4) is 0 Å². The summed E-state index contributed by atoms with van der Waals surface area (Å²) in [6.07, 6.45) is 0. The summed E-state index contributed by atoms with van der Waals surface area (Å²) in [5.74, 6) is -0.875. The number of fused-ring (bicyclic) bond motifs is 1. The predicted octanol–water partition coefficient (Wildman–Crippen LogP) is 2.07. The first kappa shape index (κ1) is 12.2. The molecule has 96 valence electrons. The second-order valence-electron chi connectivity index (χ2n) is 3.67. The van der Waals surface area contributed by atoms with Gasteiger partial charge in [0.25, 0.3) is 0 Å². The van der Waals surface area contributed by atoms with Gasteiger partial charge >= 0.3 is 5.97 Å². The normalized spacial score (nSPS) is 10.6. The number of ether oxygens (including phenoxy) is 2. The standard InChI is InChI=1S/C12H13FN2O3/c1-3-18-12(16)10-6-4-9(17-2)7(13)5-8(6)15-11(10)14/h4-5,15H,3,14H2,1-2H3. The second-order valence-corrected chi connectivity index (χ2v) is 3.67. The number of carbonyl (C=O) groups excluding carboxylic acids is 1. The Bertz CT molecular complexity index is 607. The monoisotopic (exact) mass is 252 g/mol. The maximum Gasteiger partial charge on any atom is 0.342 e. The van der Waals surface area contributed by atoms with E-state index in [2.05, 4.69) is 4.98 Å². The van der Waals surface area contributed by atoms with Crippen LogP contribution >= 0.6 is 0 Å². The van der Waals surface area contributed by atoms with E-state index in [4.69, 9.17) is 15.2 Å². The lowest BCUT2D eigenvalue weighted by molar-refractivity contribution is 0.0530. The van der Waals surface area contributed by atoms with Crippen LogP contribution in [0.15, 0.2) is 12.1 Å². The molecule has 0 fully saturated rings. The fourth-order valence-corrected chi connectivity index (χ4v) is 1.80. The summed E-state index contributed by atoms with van der Waals surface area (Å²) < 4.78 is 23.3. The molecule has 1 aromatic heterocycles. The maximum absolute atomic E-state index is 13.5. The Morgan fingerprint density at radius 1 is 1.50 bits per heavy atom. The van der Waals surface area contributed by atoms with E-state index in [1.54, 1.807) is 6.92 Å². The highest BCUT2D eigenvalue weighted by Gasteiger charge is 2.20.